The molecule has 0 heterocycles. The number of carboxylic acids is 2. The summed E-state index contributed by atoms with van der Waals surface area (Å²) in [6.45, 7) is 1.70. The van der Waals surface area contributed by atoms with Crippen LogP contribution in [0.3, 0.4) is 0 Å². The Balaban J connectivity index is 3.06. The Morgan fingerprint density at radius 3 is 2.24 bits per heavy atom. The van der Waals surface area contributed by atoms with E-state index in [-0.39, 0.29) is 12.8 Å². The smallest absolute Gasteiger partial charge is 0.303 e. The maximum atomic E-state index is 13.1. The molecule has 0 atom stereocenters. The van der Waals surface area contributed by atoms with Crippen molar-refractivity contribution < 1.29 is 24.2 Å². The van der Waals surface area contributed by atoms with Crippen molar-refractivity contribution >= 4 is 11.9 Å². The van der Waals surface area contributed by atoms with E-state index in [4.69, 9.17) is 10.2 Å². The van der Waals surface area contributed by atoms with Crippen LogP contribution in [-0.2, 0) is 9.59 Å². The number of carbonyl (C=O) groups is 2. The van der Waals surface area contributed by atoms with Crippen LogP contribution in [0.2, 0.25) is 0 Å². The maximum Gasteiger partial charge on any atom is 0.303 e. The molecule has 0 saturated carbocycles. The monoisotopic (exact) mass is 240 g/mol. The van der Waals surface area contributed by atoms with Gasteiger partial charge < -0.3 is 10.2 Å². The molecular formula is C12H13FO4. The van der Waals surface area contributed by atoms with Crippen LogP contribution in [0.5, 0.6) is 0 Å². The molecule has 1 aromatic carbocycles. The molecular weight excluding hydrogens is 227 g/mol. The Morgan fingerprint density at radius 1 is 1.24 bits per heavy atom. The normalized spacial score (nSPS) is 10.5. The minimum absolute atomic E-state index is 0.323. The van der Waals surface area contributed by atoms with Gasteiger partial charge >= 0.3 is 11.9 Å². The molecule has 0 fully saturated rings. The van der Waals surface area contributed by atoms with Crippen molar-refractivity contribution in [3.63, 3.8) is 0 Å². The largest absolute Gasteiger partial charge is 0.481 e. The van der Waals surface area contributed by atoms with Crippen LogP contribution in [0, 0.1) is 12.7 Å². The zero-order chi connectivity index (χ0) is 13.0. The molecule has 0 saturated heterocycles. The summed E-state index contributed by atoms with van der Waals surface area (Å²) in [7, 11) is 0. The number of benzene rings is 1. The van der Waals surface area contributed by atoms with Gasteiger partial charge in [-0.15, -0.1) is 0 Å². The van der Waals surface area contributed by atoms with Crippen molar-refractivity contribution in [2.75, 3.05) is 0 Å². The lowest BCUT2D eigenvalue weighted by Crippen LogP contribution is -2.12. The van der Waals surface area contributed by atoms with E-state index in [1.807, 2.05) is 0 Å². The fourth-order valence-corrected chi connectivity index (χ4v) is 1.76. The Hall–Kier alpha value is -1.91. The Kier molecular flexibility index (Phi) is 4.20. The summed E-state index contributed by atoms with van der Waals surface area (Å²) in [4.78, 5) is 21.3. The van der Waals surface area contributed by atoms with E-state index >= 15 is 0 Å². The Labute approximate surface area is 97.7 Å². The molecule has 4 nitrogen and oxygen atoms in total. The molecule has 17 heavy (non-hydrogen) atoms. The number of aryl methyl sites for hydroxylation is 1. The van der Waals surface area contributed by atoms with E-state index < -0.39 is 23.7 Å². The van der Waals surface area contributed by atoms with E-state index in [1.165, 1.54) is 18.2 Å². The molecule has 0 bridgehead atoms. The van der Waals surface area contributed by atoms with E-state index in [0.717, 1.165) is 0 Å². The maximum absolute atomic E-state index is 13.1. The molecule has 0 aliphatic carbocycles. The van der Waals surface area contributed by atoms with Crippen molar-refractivity contribution in [1.82, 2.24) is 0 Å². The molecule has 92 valence electrons. The predicted molar refractivity (Wildman–Crippen MR) is 58.4 cm³/mol. The molecule has 1 aromatic rings. The summed E-state index contributed by atoms with van der Waals surface area (Å²) >= 11 is 0. The van der Waals surface area contributed by atoms with Gasteiger partial charge in [0.15, 0.2) is 0 Å². The van der Waals surface area contributed by atoms with E-state index in [1.54, 1.807) is 6.92 Å². The molecule has 0 amide bonds. The third-order valence-electron chi connectivity index (χ3n) is 2.52. The number of hydrogen-bond acceptors (Lipinski definition) is 2. The fraction of sp³-hybridized carbons (Fsp3) is 0.333. The lowest BCUT2D eigenvalue weighted by Gasteiger charge is -2.15. The molecule has 5 heteroatoms. The minimum atomic E-state index is -1.10. The van der Waals surface area contributed by atoms with Crippen molar-refractivity contribution in [3.8, 4) is 0 Å². The second-order valence-electron chi connectivity index (χ2n) is 3.89. The number of carboxylic acid groups (broad SMARTS) is 2. The summed E-state index contributed by atoms with van der Waals surface area (Å²) in [6, 6.07) is 3.98. The first-order valence-electron chi connectivity index (χ1n) is 5.09. The number of halogens is 1. The van der Waals surface area contributed by atoms with E-state index in [9.17, 15) is 14.0 Å². The summed E-state index contributed by atoms with van der Waals surface area (Å²) in [5, 5.41) is 17.5. The van der Waals surface area contributed by atoms with Gasteiger partial charge in [0, 0.05) is 5.92 Å². The van der Waals surface area contributed by atoms with Crippen molar-refractivity contribution in [3.05, 3.63) is 35.1 Å². The molecule has 0 aliphatic heterocycles. The highest BCUT2D eigenvalue weighted by Crippen LogP contribution is 2.27. The fourth-order valence-electron chi connectivity index (χ4n) is 1.76. The van der Waals surface area contributed by atoms with Crippen LogP contribution in [0.25, 0.3) is 0 Å². The average molecular weight is 240 g/mol. The highest BCUT2D eigenvalue weighted by molar-refractivity contribution is 5.72. The number of rotatable bonds is 5. The molecule has 0 unspecified atom stereocenters. The number of aliphatic carboxylic acids is 2. The van der Waals surface area contributed by atoms with Gasteiger partial charge in [0.05, 0.1) is 12.8 Å². The standard InChI is InChI=1S/C12H13FO4/c1-7-2-3-9(13)6-10(7)8(4-11(14)15)5-12(16)17/h2-3,6,8H,4-5H2,1H3,(H,14,15)(H,16,17). The van der Waals surface area contributed by atoms with Gasteiger partial charge in [0.25, 0.3) is 0 Å². The van der Waals surface area contributed by atoms with Crippen LogP contribution in [-0.4, -0.2) is 22.2 Å². The lowest BCUT2D eigenvalue weighted by atomic mass is 9.89. The van der Waals surface area contributed by atoms with Crippen molar-refractivity contribution in [1.29, 1.82) is 0 Å². The minimum Gasteiger partial charge on any atom is -0.481 e. The van der Waals surface area contributed by atoms with Gasteiger partial charge in [-0.1, -0.05) is 6.07 Å². The third kappa shape index (κ3) is 3.86. The predicted octanol–water partition coefficient (Wildman–Crippen LogP) is 2.17. The summed E-state index contributed by atoms with van der Waals surface area (Å²) in [5.41, 5.74) is 1.13. The molecule has 2 N–H and O–H groups in total. The molecule has 1 rings (SSSR count). The molecule has 0 aromatic heterocycles. The van der Waals surface area contributed by atoms with Gasteiger partial charge in [-0.05, 0) is 30.2 Å². The van der Waals surface area contributed by atoms with Crippen molar-refractivity contribution in [2.45, 2.75) is 25.7 Å². The second kappa shape index (κ2) is 5.43. The van der Waals surface area contributed by atoms with Crippen LogP contribution >= 0.6 is 0 Å². The lowest BCUT2D eigenvalue weighted by molar-refractivity contribution is -0.139. The SMILES string of the molecule is Cc1ccc(F)cc1C(CC(=O)O)CC(=O)O. The first-order chi connectivity index (χ1) is 7.90. The summed E-state index contributed by atoms with van der Waals surface area (Å²) in [5.74, 6) is -3.40. The van der Waals surface area contributed by atoms with Gasteiger partial charge in [-0.25, -0.2) is 4.39 Å². The average Bonchev–Trinajstić information content (AvgIpc) is 2.19. The topological polar surface area (TPSA) is 74.6 Å². The van der Waals surface area contributed by atoms with Gasteiger partial charge in [0.1, 0.15) is 5.82 Å². The van der Waals surface area contributed by atoms with E-state index in [2.05, 4.69) is 0 Å². The Bertz CT molecular complexity index is 426. The van der Waals surface area contributed by atoms with Crippen LogP contribution < -0.4 is 0 Å². The molecule has 0 spiro atoms. The third-order valence-corrected chi connectivity index (χ3v) is 2.52. The second-order valence-corrected chi connectivity index (χ2v) is 3.89. The molecule has 0 aliphatic rings. The zero-order valence-corrected chi connectivity index (χ0v) is 9.31. The quantitative estimate of drug-likeness (QED) is 0.827. The highest BCUT2D eigenvalue weighted by atomic mass is 19.1. The van der Waals surface area contributed by atoms with Crippen LogP contribution in [0.1, 0.15) is 29.9 Å². The van der Waals surface area contributed by atoms with Gasteiger partial charge in [-0.3, -0.25) is 9.59 Å². The first kappa shape index (κ1) is 13.2. The van der Waals surface area contributed by atoms with Gasteiger partial charge in [-0.2, -0.15) is 0 Å². The highest BCUT2D eigenvalue weighted by Gasteiger charge is 2.21. The summed E-state index contributed by atoms with van der Waals surface area (Å²) < 4.78 is 13.1. The van der Waals surface area contributed by atoms with Gasteiger partial charge in [0.2, 0.25) is 0 Å². The van der Waals surface area contributed by atoms with Crippen molar-refractivity contribution in [2.24, 2.45) is 0 Å². The zero-order valence-electron chi connectivity index (χ0n) is 9.31. The van der Waals surface area contributed by atoms with Crippen LogP contribution in [0.4, 0.5) is 4.39 Å². The summed E-state index contributed by atoms with van der Waals surface area (Å²) in [6.07, 6.45) is -0.646. The first-order valence-corrected chi connectivity index (χ1v) is 5.09. The van der Waals surface area contributed by atoms with Crippen LogP contribution in [0.15, 0.2) is 18.2 Å². The number of hydrogen-bond donors (Lipinski definition) is 2. The molecule has 0 radical (unpaired) electrons. The Morgan fingerprint density at radius 2 is 1.76 bits per heavy atom. The van der Waals surface area contributed by atoms with E-state index in [0.29, 0.717) is 11.1 Å².